The van der Waals surface area contributed by atoms with Gasteiger partial charge in [0.05, 0.1) is 12.2 Å². The van der Waals surface area contributed by atoms with Gasteiger partial charge >= 0.3 is 6.09 Å². The van der Waals surface area contributed by atoms with Crippen molar-refractivity contribution in [2.75, 3.05) is 5.32 Å². The number of anilines is 1. The zero-order valence-electron chi connectivity index (χ0n) is 24.2. The third-order valence-corrected chi connectivity index (χ3v) is 8.07. The van der Waals surface area contributed by atoms with Gasteiger partial charge < -0.3 is 15.4 Å². The van der Waals surface area contributed by atoms with Crippen LogP contribution in [-0.4, -0.2) is 34.0 Å². The van der Waals surface area contributed by atoms with Crippen molar-refractivity contribution in [2.24, 2.45) is 4.99 Å². The lowest BCUT2D eigenvalue weighted by Gasteiger charge is -2.17. The maximum atomic E-state index is 14.5. The van der Waals surface area contributed by atoms with E-state index in [9.17, 15) is 31.9 Å². The lowest BCUT2D eigenvalue weighted by atomic mass is 10.1. The van der Waals surface area contributed by atoms with Crippen LogP contribution >= 0.6 is 11.8 Å². The van der Waals surface area contributed by atoms with E-state index in [1.807, 2.05) is 18.2 Å². The van der Waals surface area contributed by atoms with Gasteiger partial charge in [0, 0.05) is 11.3 Å². The lowest BCUT2D eigenvalue weighted by Crippen LogP contribution is -2.41. The van der Waals surface area contributed by atoms with Crippen molar-refractivity contribution in [3.05, 3.63) is 131 Å². The summed E-state index contributed by atoms with van der Waals surface area (Å²) < 4.78 is 61.0. The average molecular weight is 651 g/mol. The van der Waals surface area contributed by atoms with Crippen molar-refractivity contribution in [3.8, 4) is 0 Å². The van der Waals surface area contributed by atoms with Gasteiger partial charge in [-0.1, -0.05) is 66.4 Å². The normalized spacial score (nSPS) is 15.9. The Labute approximate surface area is 265 Å². The summed E-state index contributed by atoms with van der Waals surface area (Å²) in [6.07, 6.45) is -0.762. The van der Waals surface area contributed by atoms with E-state index in [0.717, 1.165) is 40.4 Å². The van der Waals surface area contributed by atoms with E-state index in [-0.39, 0.29) is 23.0 Å². The van der Waals surface area contributed by atoms with Gasteiger partial charge in [-0.2, -0.15) is 0 Å². The van der Waals surface area contributed by atoms with E-state index in [1.54, 1.807) is 36.4 Å². The number of amides is 3. The number of ether oxygens (including phenoxy) is 1. The van der Waals surface area contributed by atoms with Crippen LogP contribution in [0.3, 0.4) is 0 Å². The van der Waals surface area contributed by atoms with Gasteiger partial charge in [0.1, 0.15) is 23.7 Å². The van der Waals surface area contributed by atoms with Crippen molar-refractivity contribution in [2.45, 2.75) is 31.4 Å². The summed E-state index contributed by atoms with van der Waals surface area (Å²) in [4.78, 5) is 43.9. The maximum Gasteiger partial charge on any atom is 0.408 e. The number of aliphatic imine (C=N–C) groups is 1. The third-order valence-electron chi connectivity index (χ3n) is 6.84. The van der Waals surface area contributed by atoms with Crippen LogP contribution in [0.25, 0.3) is 0 Å². The number of alkyl carbamates (subject to hydrolysis) is 1. The van der Waals surface area contributed by atoms with Gasteiger partial charge in [-0.15, -0.1) is 0 Å². The molecule has 1 fully saturated rings. The number of thioether (sulfide) groups is 1. The number of halogens is 4. The number of hydrogen-bond donors (Lipinski definition) is 2. The number of amidine groups is 1. The Kier molecular flexibility index (Phi) is 10.0. The van der Waals surface area contributed by atoms with Crippen molar-refractivity contribution >= 4 is 46.2 Å². The van der Waals surface area contributed by atoms with Crippen LogP contribution in [0.1, 0.15) is 28.9 Å². The van der Waals surface area contributed by atoms with Gasteiger partial charge in [-0.3, -0.25) is 14.5 Å². The van der Waals surface area contributed by atoms with Crippen molar-refractivity contribution in [3.63, 3.8) is 0 Å². The molecule has 8 nitrogen and oxygen atoms in total. The highest BCUT2D eigenvalue weighted by molar-refractivity contribution is 8.15. The Morgan fingerprint density at radius 2 is 1.67 bits per heavy atom. The Bertz CT molecular complexity index is 1790. The molecule has 13 heteroatoms. The predicted octanol–water partition coefficient (Wildman–Crippen LogP) is 7.00. The number of nitrogens with one attached hydrogen (secondary N) is 2. The summed E-state index contributed by atoms with van der Waals surface area (Å²) in [5.41, 5.74) is 1.59. The molecule has 0 aromatic heterocycles. The monoisotopic (exact) mass is 650 g/mol. The summed E-state index contributed by atoms with van der Waals surface area (Å²) >= 11 is 1.01. The molecule has 0 spiro atoms. The molecule has 236 valence electrons. The third kappa shape index (κ3) is 7.72. The summed E-state index contributed by atoms with van der Waals surface area (Å²) in [6, 6.07) is 21.6. The van der Waals surface area contributed by atoms with Gasteiger partial charge in [0.2, 0.25) is 11.8 Å². The molecule has 0 radical (unpaired) electrons. The molecule has 2 N–H and O–H groups in total. The van der Waals surface area contributed by atoms with Crippen LogP contribution in [0.2, 0.25) is 0 Å². The zero-order chi connectivity index (χ0) is 32.8. The summed E-state index contributed by atoms with van der Waals surface area (Å²) in [5.74, 6) is -6.05. The molecule has 2 atom stereocenters. The fourth-order valence-corrected chi connectivity index (χ4v) is 5.58. The molecule has 5 rings (SSSR count). The van der Waals surface area contributed by atoms with Crippen LogP contribution in [0.5, 0.6) is 0 Å². The van der Waals surface area contributed by atoms with Gasteiger partial charge in [-0.05, 0) is 54.4 Å². The second kappa shape index (κ2) is 14.3. The fourth-order valence-electron chi connectivity index (χ4n) is 4.41. The standard InChI is InChI=1S/C33H26F4N4O4S/c1-19(38-33(44)45-18-20-6-3-2-4-7-20)30(42)39-24-13-10-21(11-14-24)29-31(43)41(17-22-12-15-26(35)28(37)27(22)36)32(46-29)40-25-9-5-8-23(34)16-25/h2-16,19,29H,17-18H2,1H3,(H,38,44)(H,39,42)/t19-,29?/m1/s1. The highest BCUT2D eigenvalue weighted by Crippen LogP contribution is 2.41. The summed E-state index contributed by atoms with van der Waals surface area (Å²) in [6.45, 7) is 1.08. The molecular formula is C33H26F4N4O4S. The van der Waals surface area contributed by atoms with E-state index < -0.39 is 59.0 Å². The molecule has 46 heavy (non-hydrogen) atoms. The SMILES string of the molecule is C[C@@H](NC(=O)OCc1ccccc1)C(=O)Nc1ccc(C2SC(=Nc3cccc(F)c3)N(Cc3ccc(F)c(F)c3F)C2=O)cc1. The minimum atomic E-state index is -1.66. The largest absolute Gasteiger partial charge is 0.445 e. The Morgan fingerprint density at radius 1 is 0.935 bits per heavy atom. The average Bonchev–Trinajstić information content (AvgIpc) is 3.34. The lowest BCUT2D eigenvalue weighted by molar-refractivity contribution is -0.126. The second-order valence-corrected chi connectivity index (χ2v) is 11.2. The van der Waals surface area contributed by atoms with Crippen LogP contribution < -0.4 is 10.6 Å². The minimum Gasteiger partial charge on any atom is -0.445 e. The molecule has 1 unspecified atom stereocenters. The fraction of sp³-hybridized carbons (Fsp3) is 0.152. The van der Waals surface area contributed by atoms with Crippen LogP contribution in [0.15, 0.2) is 96.0 Å². The van der Waals surface area contributed by atoms with Gasteiger partial charge in [-0.25, -0.2) is 27.3 Å². The molecular weight excluding hydrogens is 624 g/mol. The van der Waals surface area contributed by atoms with E-state index in [1.165, 1.54) is 25.1 Å². The van der Waals surface area contributed by atoms with Gasteiger partial charge in [0.15, 0.2) is 22.6 Å². The van der Waals surface area contributed by atoms with Crippen molar-refractivity contribution in [1.82, 2.24) is 10.2 Å². The molecule has 1 aliphatic rings. The molecule has 0 bridgehead atoms. The highest BCUT2D eigenvalue weighted by Gasteiger charge is 2.39. The maximum absolute atomic E-state index is 14.5. The Hall–Kier alpha value is -5.17. The number of carbonyl (C=O) groups excluding carboxylic acids is 3. The van der Waals surface area contributed by atoms with Crippen LogP contribution in [0, 0.1) is 23.3 Å². The summed E-state index contributed by atoms with van der Waals surface area (Å²) in [7, 11) is 0. The van der Waals surface area contributed by atoms with Gasteiger partial charge in [0.25, 0.3) is 0 Å². The number of benzene rings is 4. The Balaban J connectivity index is 1.27. The smallest absolute Gasteiger partial charge is 0.408 e. The summed E-state index contributed by atoms with van der Waals surface area (Å²) in [5, 5.41) is 4.37. The van der Waals surface area contributed by atoms with E-state index in [2.05, 4.69) is 15.6 Å². The second-order valence-electron chi connectivity index (χ2n) is 10.2. The van der Waals surface area contributed by atoms with Crippen molar-refractivity contribution in [1.29, 1.82) is 0 Å². The quantitative estimate of drug-likeness (QED) is 0.150. The first-order chi connectivity index (χ1) is 22.1. The highest BCUT2D eigenvalue weighted by atomic mass is 32.2. The molecule has 4 aromatic rings. The molecule has 1 heterocycles. The molecule has 4 aromatic carbocycles. The van der Waals surface area contributed by atoms with Crippen LogP contribution in [0.4, 0.5) is 33.7 Å². The zero-order valence-corrected chi connectivity index (χ0v) is 25.0. The number of rotatable bonds is 9. The van der Waals surface area contributed by atoms with E-state index in [0.29, 0.717) is 11.3 Å². The van der Waals surface area contributed by atoms with Crippen LogP contribution in [-0.2, 0) is 27.5 Å². The molecule has 1 saturated heterocycles. The first-order valence-electron chi connectivity index (χ1n) is 13.9. The topological polar surface area (TPSA) is 100 Å². The van der Waals surface area contributed by atoms with E-state index >= 15 is 0 Å². The first-order valence-corrected chi connectivity index (χ1v) is 14.8. The predicted molar refractivity (Wildman–Crippen MR) is 165 cm³/mol. The minimum absolute atomic E-state index is 0.0438. The molecule has 3 amide bonds. The number of hydrogen-bond acceptors (Lipinski definition) is 6. The number of carbonyl (C=O) groups is 3. The molecule has 0 saturated carbocycles. The Morgan fingerprint density at radius 3 is 2.39 bits per heavy atom. The van der Waals surface area contributed by atoms with Crippen molar-refractivity contribution < 1.29 is 36.7 Å². The van der Waals surface area contributed by atoms with E-state index in [4.69, 9.17) is 4.74 Å². The number of nitrogens with zero attached hydrogens (tertiary/aromatic N) is 2. The molecule has 0 aliphatic carbocycles. The molecule has 1 aliphatic heterocycles. The first kappa shape index (κ1) is 32.2.